The lowest BCUT2D eigenvalue weighted by Gasteiger charge is -2.42. The van der Waals surface area contributed by atoms with Gasteiger partial charge in [-0.1, -0.05) is 30.3 Å². The topological polar surface area (TPSA) is 78.7 Å². The van der Waals surface area contributed by atoms with E-state index >= 15 is 0 Å². The number of likely N-dealkylation sites (tertiary alicyclic amines) is 1. The van der Waals surface area contributed by atoms with Gasteiger partial charge < -0.3 is 10.0 Å². The molecular formula is C22H30N4O3. The van der Waals surface area contributed by atoms with Gasteiger partial charge >= 0.3 is 0 Å². The first-order valence-corrected chi connectivity index (χ1v) is 10.1. The van der Waals surface area contributed by atoms with E-state index in [0.29, 0.717) is 38.5 Å². The summed E-state index contributed by atoms with van der Waals surface area (Å²) in [5.41, 5.74) is 0.401. The summed E-state index contributed by atoms with van der Waals surface area (Å²) in [6.45, 7) is 6.56. The highest BCUT2D eigenvalue weighted by molar-refractivity contribution is 5.92. The Morgan fingerprint density at radius 1 is 1.17 bits per heavy atom. The van der Waals surface area contributed by atoms with Crippen LogP contribution in [-0.2, 0) is 13.6 Å². The van der Waals surface area contributed by atoms with Gasteiger partial charge in [0.05, 0.1) is 5.60 Å². The number of aromatic nitrogens is 2. The second kappa shape index (κ2) is 8.88. The fourth-order valence-corrected chi connectivity index (χ4v) is 3.68. The standard InChI is InChI=1S/C22H30N4O3/c1-17(2)26(15-18-7-5-4-6-8-18)16-22(29)11-13-25(14-12-22)21(28)19-9-10-20(27)24(3)23-19/h4-10,17,29H,11-16H2,1-3H3. The number of carbonyl (C=O) groups is 1. The molecule has 2 heterocycles. The van der Waals surface area contributed by atoms with E-state index in [0.717, 1.165) is 11.2 Å². The molecule has 1 N–H and O–H groups in total. The molecule has 0 aliphatic carbocycles. The van der Waals surface area contributed by atoms with Crippen molar-refractivity contribution in [2.24, 2.45) is 7.05 Å². The molecular weight excluding hydrogens is 368 g/mol. The number of hydrogen-bond acceptors (Lipinski definition) is 5. The molecule has 1 aromatic heterocycles. The number of nitrogens with zero attached hydrogens (tertiary/aromatic N) is 4. The minimum Gasteiger partial charge on any atom is -0.388 e. The summed E-state index contributed by atoms with van der Waals surface area (Å²) in [5, 5.41) is 15.2. The molecule has 2 aromatic rings. The Bertz CT molecular complexity index is 886. The van der Waals surface area contributed by atoms with Crippen LogP contribution < -0.4 is 5.56 Å². The molecule has 0 bridgehead atoms. The van der Waals surface area contributed by atoms with Crippen LogP contribution in [0.15, 0.2) is 47.3 Å². The molecule has 3 rings (SSSR count). The summed E-state index contributed by atoms with van der Waals surface area (Å²) in [6.07, 6.45) is 1.03. The molecule has 0 spiro atoms. The van der Waals surface area contributed by atoms with Crippen LogP contribution in [0, 0.1) is 0 Å². The quantitative estimate of drug-likeness (QED) is 0.801. The molecule has 0 unspecified atom stereocenters. The van der Waals surface area contributed by atoms with Crippen molar-refractivity contribution in [2.75, 3.05) is 19.6 Å². The van der Waals surface area contributed by atoms with Gasteiger partial charge in [-0.25, -0.2) is 4.68 Å². The molecule has 1 aliphatic rings. The molecule has 29 heavy (non-hydrogen) atoms. The summed E-state index contributed by atoms with van der Waals surface area (Å²) in [6, 6.07) is 13.4. The predicted molar refractivity (Wildman–Crippen MR) is 112 cm³/mol. The third-order valence-corrected chi connectivity index (χ3v) is 5.62. The van der Waals surface area contributed by atoms with Gasteiger partial charge in [0.15, 0.2) is 0 Å². The van der Waals surface area contributed by atoms with Crippen LogP contribution in [0.4, 0.5) is 0 Å². The van der Waals surface area contributed by atoms with Gasteiger partial charge in [0.25, 0.3) is 11.5 Å². The van der Waals surface area contributed by atoms with E-state index in [2.05, 4.69) is 36.0 Å². The van der Waals surface area contributed by atoms with Crippen LogP contribution in [0.5, 0.6) is 0 Å². The lowest BCUT2D eigenvalue weighted by atomic mass is 9.90. The van der Waals surface area contributed by atoms with Gasteiger partial charge in [0.1, 0.15) is 5.69 Å². The molecule has 156 valence electrons. The lowest BCUT2D eigenvalue weighted by Crippen LogP contribution is -2.53. The summed E-state index contributed by atoms with van der Waals surface area (Å²) in [4.78, 5) is 28.2. The monoisotopic (exact) mass is 398 g/mol. The zero-order chi connectivity index (χ0) is 21.0. The van der Waals surface area contributed by atoms with E-state index in [1.807, 2.05) is 18.2 Å². The smallest absolute Gasteiger partial charge is 0.274 e. The summed E-state index contributed by atoms with van der Waals surface area (Å²) >= 11 is 0. The first-order chi connectivity index (χ1) is 13.8. The fraction of sp³-hybridized carbons (Fsp3) is 0.500. The van der Waals surface area contributed by atoms with Gasteiger partial charge in [-0.05, 0) is 38.3 Å². The highest BCUT2D eigenvalue weighted by Crippen LogP contribution is 2.26. The molecule has 1 aliphatic heterocycles. The zero-order valence-electron chi connectivity index (χ0n) is 17.4. The highest BCUT2D eigenvalue weighted by atomic mass is 16.3. The van der Waals surface area contributed by atoms with Crippen LogP contribution in [0.1, 0.15) is 42.7 Å². The normalized spacial score (nSPS) is 16.4. The van der Waals surface area contributed by atoms with E-state index in [9.17, 15) is 14.7 Å². The number of carbonyl (C=O) groups excluding carboxylic acids is 1. The van der Waals surface area contributed by atoms with Crippen molar-refractivity contribution in [3.63, 3.8) is 0 Å². The Kier molecular flexibility index (Phi) is 6.49. The number of rotatable bonds is 6. The van der Waals surface area contributed by atoms with Crippen LogP contribution in [0.2, 0.25) is 0 Å². The van der Waals surface area contributed by atoms with Crippen molar-refractivity contribution in [3.8, 4) is 0 Å². The largest absolute Gasteiger partial charge is 0.388 e. The van der Waals surface area contributed by atoms with E-state index in [-0.39, 0.29) is 17.2 Å². The third kappa shape index (κ3) is 5.31. The minimum atomic E-state index is -0.827. The van der Waals surface area contributed by atoms with Gasteiger partial charge in [-0.3, -0.25) is 14.5 Å². The summed E-state index contributed by atoms with van der Waals surface area (Å²) in [5.74, 6) is -0.201. The number of aryl methyl sites for hydroxylation is 1. The second-order valence-corrected chi connectivity index (χ2v) is 8.18. The predicted octanol–water partition coefficient (Wildman–Crippen LogP) is 1.66. The zero-order valence-corrected chi connectivity index (χ0v) is 17.4. The van der Waals surface area contributed by atoms with Crippen molar-refractivity contribution >= 4 is 5.91 Å². The van der Waals surface area contributed by atoms with E-state index in [1.165, 1.54) is 24.7 Å². The number of amides is 1. The van der Waals surface area contributed by atoms with Crippen molar-refractivity contribution in [1.29, 1.82) is 0 Å². The first-order valence-electron chi connectivity index (χ1n) is 10.1. The Morgan fingerprint density at radius 3 is 2.41 bits per heavy atom. The summed E-state index contributed by atoms with van der Waals surface area (Å²) < 4.78 is 1.16. The van der Waals surface area contributed by atoms with Crippen LogP contribution >= 0.6 is 0 Å². The average molecular weight is 399 g/mol. The van der Waals surface area contributed by atoms with Crippen molar-refractivity contribution in [2.45, 2.75) is 44.9 Å². The van der Waals surface area contributed by atoms with E-state index in [1.54, 1.807) is 4.90 Å². The van der Waals surface area contributed by atoms with E-state index in [4.69, 9.17) is 0 Å². The van der Waals surface area contributed by atoms with Crippen LogP contribution in [0.25, 0.3) is 0 Å². The third-order valence-electron chi connectivity index (χ3n) is 5.62. The molecule has 0 atom stereocenters. The maximum Gasteiger partial charge on any atom is 0.274 e. The molecule has 0 radical (unpaired) electrons. The Balaban J connectivity index is 1.62. The first kappa shape index (κ1) is 21.2. The number of benzene rings is 1. The molecule has 7 nitrogen and oxygen atoms in total. The SMILES string of the molecule is CC(C)N(Cc1ccccc1)CC1(O)CCN(C(=O)c2ccc(=O)n(C)n2)CC1. The second-order valence-electron chi connectivity index (χ2n) is 8.18. The summed E-state index contributed by atoms with van der Waals surface area (Å²) in [7, 11) is 1.53. The lowest BCUT2D eigenvalue weighted by molar-refractivity contribution is -0.0481. The van der Waals surface area contributed by atoms with Crippen LogP contribution in [0.3, 0.4) is 0 Å². The maximum atomic E-state index is 12.7. The molecule has 1 fully saturated rings. The Hall–Kier alpha value is -2.51. The van der Waals surface area contributed by atoms with Gasteiger partial charge in [-0.15, -0.1) is 0 Å². The fourth-order valence-electron chi connectivity index (χ4n) is 3.68. The van der Waals surface area contributed by atoms with Crippen molar-refractivity contribution in [3.05, 3.63) is 64.1 Å². The molecule has 1 saturated heterocycles. The number of aliphatic hydroxyl groups is 1. The Morgan fingerprint density at radius 2 is 1.83 bits per heavy atom. The van der Waals surface area contributed by atoms with E-state index < -0.39 is 5.60 Å². The van der Waals surface area contributed by atoms with Crippen molar-refractivity contribution < 1.29 is 9.90 Å². The van der Waals surface area contributed by atoms with Gasteiger partial charge in [-0.2, -0.15) is 5.10 Å². The molecule has 1 aromatic carbocycles. The molecule has 0 saturated carbocycles. The maximum absolute atomic E-state index is 12.7. The van der Waals surface area contributed by atoms with Crippen LogP contribution in [-0.4, -0.2) is 61.9 Å². The number of hydrogen-bond donors (Lipinski definition) is 1. The van der Waals surface area contributed by atoms with Gasteiger partial charge in [0.2, 0.25) is 0 Å². The minimum absolute atomic E-state index is 0.201. The average Bonchev–Trinajstić information content (AvgIpc) is 2.70. The Labute approximate surface area is 171 Å². The molecule has 7 heteroatoms. The molecule has 1 amide bonds. The van der Waals surface area contributed by atoms with Crippen molar-refractivity contribution in [1.82, 2.24) is 19.6 Å². The van der Waals surface area contributed by atoms with Gasteiger partial charge in [0, 0.05) is 45.3 Å². The highest BCUT2D eigenvalue weighted by Gasteiger charge is 2.36. The number of piperidine rings is 1.